The van der Waals surface area contributed by atoms with Crippen molar-refractivity contribution in [3.8, 4) is 11.3 Å². The summed E-state index contributed by atoms with van der Waals surface area (Å²) in [6.45, 7) is 13.9. The molecule has 0 N–H and O–H groups in total. The first-order chi connectivity index (χ1) is 13.0. The third-order valence-corrected chi connectivity index (χ3v) is 5.08. The molecule has 0 aliphatic carbocycles. The third-order valence-electron chi connectivity index (χ3n) is 5.08. The van der Waals surface area contributed by atoms with E-state index in [4.69, 9.17) is 11.0 Å². The van der Waals surface area contributed by atoms with Gasteiger partial charge in [0.05, 0.1) is 12.1 Å². The Morgan fingerprint density at radius 1 is 1.07 bits per heavy atom. The van der Waals surface area contributed by atoms with Crippen molar-refractivity contribution < 1.29 is 8.98 Å². The van der Waals surface area contributed by atoms with Crippen molar-refractivity contribution in [2.45, 2.75) is 27.2 Å². The molecule has 27 heavy (non-hydrogen) atoms. The number of aryl methyl sites for hydroxylation is 2. The van der Waals surface area contributed by atoms with Crippen molar-refractivity contribution in [2.24, 2.45) is 13.0 Å². The van der Waals surface area contributed by atoms with Gasteiger partial charge in [0, 0.05) is 22.9 Å². The second kappa shape index (κ2) is 6.55. The van der Waals surface area contributed by atoms with Crippen LogP contribution < -0.4 is 4.57 Å². The smallest absolute Gasteiger partial charge is 0.216 e. The maximum absolute atomic E-state index is 7.25. The molecular formula is C24H23N2O+. The quantitative estimate of drug-likeness (QED) is 0.320. The summed E-state index contributed by atoms with van der Waals surface area (Å²) in [4.78, 5) is 3.53. The third kappa shape index (κ3) is 2.98. The van der Waals surface area contributed by atoms with Gasteiger partial charge in [-0.25, -0.2) is 9.41 Å². The van der Waals surface area contributed by atoms with E-state index in [0.29, 0.717) is 11.6 Å². The van der Waals surface area contributed by atoms with Gasteiger partial charge in [-0.1, -0.05) is 38.1 Å². The first-order valence-electron chi connectivity index (χ1n) is 9.30. The van der Waals surface area contributed by atoms with Crippen molar-refractivity contribution in [1.29, 1.82) is 0 Å². The number of aromatic nitrogens is 1. The van der Waals surface area contributed by atoms with Crippen molar-refractivity contribution in [3.63, 3.8) is 0 Å². The molecule has 4 rings (SSSR count). The van der Waals surface area contributed by atoms with Gasteiger partial charge < -0.3 is 4.42 Å². The Bertz CT molecular complexity index is 1210. The lowest BCUT2D eigenvalue weighted by molar-refractivity contribution is -0.660. The zero-order chi connectivity index (χ0) is 19.1. The molecule has 2 heterocycles. The Hall–Kier alpha value is -3.12. The van der Waals surface area contributed by atoms with E-state index in [1.54, 1.807) is 0 Å². The molecule has 2 aromatic heterocycles. The molecule has 2 aromatic carbocycles. The number of nitrogens with zero attached hydrogens (tertiary/aromatic N) is 2. The fourth-order valence-corrected chi connectivity index (χ4v) is 3.78. The molecule has 134 valence electrons. The molecular weight excluding hydrogens is 332 g/mol. The first kappa shape index (κ1) is 17.3. The number of furan rings is 1. The van der Waals surface area contributed by atoms with Crippen molar-refractivity contribution >= 4 is 27.6 Å². The molecule has 0 saturated heterocycles. The zero-order valence-corrected chi connectivity index (χ0v) is 16.2. The minimum Gasteiger partial charge on any atom is -0.456 e. The van der Waals surface area contributed by atoms with Gasteiger partial charge in [0.2, 0.25) is 5.69 Å². The molecule has 0 bridgehead atoms. The van der Waals surface area contributed by atoms with Crippen LogP contribution in [0.3, 0.4) is 0 Å². The Morgan fingerprint density at radius 3 is 2.59 bits per heavy atom. The fourth-order valence-electron chi connectivity index (χ4n) is 3.78. The normalized spacial score (nSPS) is 11.4. The lowest BCUT2D eigenvalue weighted by Gasteiger charge is -2.09. The van der Waals surface area contributed by atoms with Gasteiger partial charge in [0.1, 0.15) is 18.2 Å². The van der Waals surface area contributed by atoms with Crippen LogP contribution in [0.1, 0.15) is 25.0 Å². The number of benzene rings is 2. The topological polar surface area (TPSA) is 21.4 Å². The molecule has 0 saturated carbocycles. The molecule has 0 spiro atoms. The highest BCUT2D eigenvalue weighted by atomic mass is 16.3. The molecule has 0 atom stereocenters. The van der Waals surface area contributed by atoms with Gasteiger partial charge in [0.15, 0.2) is 11.9 Å². The average molecular weight is 355 g/mol. The number of hydrogen-bond acceptors (Lipinski definition) is 1. The van der Waals surface area contributed by atoms with Crippen LogP contribution >= 0.6 is 0 Å². The lowest BCUT2D eigenvalue weighted by Crippen LogP contribution is -2.31. The Labute approximate surface area is 159 Å². The van der Waals surface area contributed by atoms with Gasteiger partial charge in [-0.2, -0.15) is 0 Å². The van der Waals surface area contributed by atoms with Gasteiger partial charge in [0.25, 0.3) is 0 Å². The molecule has 4 aromatic rings. The minimum atomic E-state index is 0.601. The number of fused-ring (bicyclic) bond motifs is 3. The number of hydrogen-bond donors (Lipinski definition) is 0. The highest BCUT2D eigenvalue weighted by Crippen LogP contribution is 2.38. The van der Waals surface area contributed by atoms with E-state index in [9.17, 15) is 0 Å². The summed E-state index contributed by atoms with van der Waals surface area (Å²) >= 11 is 0. The van der Waals surface area contributed by atoms with Crippen molar-refractivity contribution in [1.82, 2.24) is 0 Å². The van der Waals surface area contributed by atoms with Crippen LogP contribution in [0, 0.1) is 19.4 Å². The molecule has 0 unspecified atom stereocenters. The highest BCUT2D eigenvalue weighted by Gasteiger charge is 2.21. The zero-order valence-electron chi connectivity index (χ0n) is 16.2. The second-order valence-corrected chi connectivity index (χ2v) is 7.66. The van der Waals surface area contributed by atoms with Crippen LogP contribution in [-0.2, 0) is 13.5 Å². The predicted octanol–water partition coefficient (Wildman–Crippen LogP) is 6.14. The van der Waals surface area contributed by atoms with Crippen LogP contribution in [0.25, 0.3) is 38.0 Å². The molecule has 0 aliphatic rings. The van der Waals surface area contributed by atoms with E-state index < -0.39 is 0 Å². The first-order valence-corrected chi connectivity index (χ1v) is 9.30. The summed E-state index contributed by atoms with van der Waals surface area (Å²) in [6, 6.07) is 14.4. The maximum atomic E-state index is 7.25. The van der Waals surface area contributed by atoms with Gasteiger partial charge in [-0.3, -0.25) is 0 Å². The standard InChI is InChI=1S/C24H23N2O/c1-15(2)12-17-10-11-26(5)21(13-17)23-16(3)6-8-20-19-9-7-18(25-4)14-22(19)27-24(20)23/h6-11,13-15H,12H2,1-3,5H3/q+1. The molecule has 0 amide bonds. The number of pyridine rings is 1. The highest BCUT2D eigenvalue weighted by molar-refractivity contribution is 6.10. The van der Waals surface area contributed by atoms with E-state index in [0.717, 1.165) is 39.6 Å². The van der Waals surface area contributed by atoms with Crippen LogP contribution in [0.2, 0.25) is 0 Å². The summed E-state index contributed by atoms with van der Waals surface area (Å²) in [5, 5.41) is 2.15. The van der Waals surface area contributed by atoms with Crippen LogP contribution in [0.15, 0.2) is 53.1 Å². The van der Waals surface area contributed by atoms with Gasteiger partial charge >= 0.3 is 0 Å². The van der Waals surface area contributed by atoms with E-state index in [1.807, 2.05) is 18.2 Å². The van der Waals surface area contributed by atoms with Gasteiger partial charge in [-0.15, -0.1) is 0 Å². The molecule has 3 nitrogen and oxygen atoms in total. The Morgan fingerprint density at radius 2 is 1.85 bits per heavy atom. The number of rotatable bonds is 3. The summed E-state index contributed by atoms with van der Waals surface area (Å²) in [7, 11) is 2.08. The summed E-state index contributed by atoms with van der Waals surface area (Å²) < 4.78 is 8.44. The molecule has 0 fully saturated rings. The van der Waals surface area contributed by atoms with E-state index in [-0.39, 0.29) is 0 Å². The molecule has 0 aliphatic heterocycles. The van der Waals surface area contributed by atoms with E-state index in [2.05, 4.69) is 67.7 Å². The lowest BCUT2D eigenvalue weighted by atomic mass is 9.97. The fraction of sp³-hybridized carbons (Fsp3) is 0.250. The summed E-state index contributed by atoms with van der Waals surface area (Å²) in [5.74, 6) is 0.612. The largest absolute Gasteiger partial charge is 0.456 e. The summed E-state index contributed by atoms with van der Waals surface area (Å²) in [6.07, 6.45) is 3.18. The summed E-state index contributed by atoms with van der Waals surface area (Å²) in [5.41, 5.74) is 7.06. The monoisotopic (exact) mass is 355 g/mol. The van der Waals surface area contributed by atoms with Gasteiger partial charge in [-0.05, 0) is 36.5 Å². The van der Waals surface area contributed by atoms with Crippen LogP contribution in [0.5, 0.6) is 0 Å². The SMILES string of the molecule is [C-]#[N+]c1ccc2c(c1)oc1c(-c3cc(CC(C)C)cc[n+]3C)c(C)ccc12. The Kier molecular flexibility index (Phi) is 4.20. The average Bonchev–Trinajstić information content (AvgIpc) is 3.00. The van der Waals surface area contributed by atoms with E-state index in [1.165, 1.54) is 11.1 Å². The predicted molar refractivity (Wildman–Crippen MR) is 110 cm³/mol. The van der Waals surface area contributed by atoms with Crippen molar-refractivity contribution in [2.75, 3.05) is 0 Å². The van der Waals surface area contributed by atoms with E-state index >= 15 is 0 Å². The minimum absolute atomic E-state index is 0.601. The Balaban J connectivity index is 2.02. The maximum Gasteiger partial charge on any atom is 0.216 e. The second-order valence-electron chi connectivity index (χ2n) is 7.66. The molecule has 3 heteroatoms. The molecule has 0 radical (unpaired) electrons. The van der Waals surface area contributed by atoms with Crippen molar-refractivity contribution in [3.05, 3.63) is 71.2 Å². The van der Waals surface area contributed by atoms with Crippen LogP contribution in [-0.4, -0.2) is 0 Å². The van der Waals surface area contributed by atoms with Crippen LogP contribution in [0.4, 0.5) is 5.69 Å².